The molecule has 5 rings (SSSR count). The third kappa shape index (κ3) is 3.07. The molecule has 0 aliphatic carbocycles. The molecule has 0 N–H and O–H groups in total. The number of hydrogen-bond acceptors (Lipinski definition) is 4. The molecule has 0 bridgehead atoms. The van der Waals surface area contributed by atoms with Gasteiger partial charge in [-0.1, -0.05) is 29.8 Å². The van der Waals surface area contributed by atoms with Crippen molar-refractivity contribution < 1.29 is 18.3 Å². The van der Waals surface area contributed by atoms with Crippen LogP contribution in [0.1, 0.15) is 27.7 Å². The molecule has 1 aliphatic heterocycles. The Bertz CT molecular complexity index is 1410. The van der Waals surface area contributed by atoms with E-state index < -0.39 is 23.2 Å². The number of rotatable bonds is 3. The molecule has 1 amide bonds. The molecule has 1 atom stereocenters. The van der Waals surface area contributed by atoms with Gasteiger partial charge < -0.3 is 9.15 Å². The maximum absolute atomic E-state index is 13.9. The van der Waals surface area contributed by atoms with Crippen molar-refractivity contribution in [2.45, 2.75) is 6.04 Å². The van der Waals surface area contributed by atoms with E-state index in [-0.39, 0.29) is 22.3 Å². The summed E-state index contributed by atoms with van der Waals surface area (Å²) in [6.45, 7) is 0. The van der Waals surface area contributed by atoms with Crippen LogP contribution >= 0.6 is 11.6 Å². The molecule has 3 aromatic carbocycles. The van der Waals surface area contributed by atoms with Crippen LogP contribution in [0.5, 0.6) is 5.75 Å². The molecule has 2 heterocycles. The number of benzene rings is 3. The van der Waals surface area contributed by atoms with E-state index >= 15 is 0 Å². The lowest BCUT2D eigenvalue weighted by atomic mass is 9.98. The zero-order chi connectivity index (χ0) is 21.7. The first kappa shape index (κ1) is 19.3. The summed E-state index contributed by atoms with van der Waals surface area (Å²) >= 11 is 6.21. The van der Waals surface area contributed by atoms with E-state index in [4.69, 9.17) is 20.8 Å². The highest BCUT2D eigenvalue weighted by Gasteiger charge is 2.43. The molecule has 0 radical (unpaired) electrons. The lowest BCUT2D eigenvalue weighted by Gasteiger charge is -2.25. The maximum atomic E-state index is 13.9. The van der Waals surface area contributed by atoms with Gasteiger partial charge in [0.15, 0.2) is 5.43 Å². The molecule has 5 nitrogen and oxygen atoms in total. The van der Waals surface area contributed by atoms with E-state index in [9.17, 15) is 14.0 Å². The van der Waals surface area contributed by atoms with Crippen LogP contribution in [0, 0.1) is 5.82 Å². The number of methoxy groups -OCH3 is 1. The lowest BCUT2D eigenvalue weighted by Crippen LogP contribution is -2.29. The van der Waals surface area contributed by atoms with E-state index in [1.807, 2.05) is 0 Å². The van der Waals surface area contributed by atoms with Gasteiger partial charge in [0, 0.05) is 16.8 Å². The Balaban J connectivity index is 1.82. The van der Waals surface area contributed by atoms with Gasteiger partial charge in [-0.05, 0) is 48.0 Å². The molecule has 0 spiro atoms. The Morgan fingerprint density at radius 2 is 1.84 bits per heavy atom. The SMILES string of the molecule is COc1cccc(N2C(=O)c3oc4ccc(F)cc4c(=O)c3C2c2cccc(Cl)c2)c1. The normalized spacial score (nSPS) is 15.4. The molecule has 1 aromatic heterocycles. The van der Waals surface area contributed by atoms with Crippen LogP contribution in [-0.2, 0) is 0 Å². The van der Waals surface area contributed by atoms with Gasteiger partial charge >= 0.3 is 0 Å². The van der Waals surface area contributed by atoms with Crippen molar-refractivity contribution in [3.05, 3.63) is 105 Å². The molecule has 0 fully saturated rings. The van der Waals surface area contributed by atoms with Crippen LogP contribution in [0.2, 0.25) is 5.02 Å². The fraction of sp³-hybridized carbons (Fsp3) is 0.0833. The topological polar surface area (TPSA) is 59.8 Å². The van der Waals surface area contributed by atoms with Crippen LogP contribution in [0.25, 0.3) is 11.0 Å². The molecule has 31 heavy (non-hydrogen) atoms. The number of halogens is 2. The van der Waals surface area contributed by atoms with Gasteiger partial charge in [0.2, 0.25) is 5.76 Å². The third-order valence-corrected chi connectivity index (χ3v) is 5.56. The Morgan fingerprint density at radius 1 is 1.03 bits per heavy atom. The summed E-state index contributed by atoms with van der Waals surface area (Å²) in [5, 5.41) is 0.534. The summed E-state index contributed by atoms with van der Waals surface area (Å²) in [5.74, 6) is -0.556. The lowest BCUT2D eigenvalue weighted by molar-refractivity contribution is 0.0971. The predicted molar refractivity (Wildman–Crippen MR) is 116 cm³/mol. The van der Waals surface area contributed by atoms with Crippen molar-refractivity contribution in [2.75, 3.05) is 12.0 Å². The molecule has 0 saturated carbocycles. The van der Waals surface area contributed by atoms with Crippen molar-refractivity contribution in [1.29, 1.82) is 0 Å². The van der Waals surface area contributed by atoms with Gasteiger partial charge in [-0.15, -0.1) is 0 Å². The second kappa shape index (κ2) is 7.25. The standard InChI is InChI=1S/C24H15ClFNO4/c1-30-17-7-3-6-16(12-17)27-21(13-4-2-5-14(25)10-13)20-22(28)18-11-15(26)8-9-19(18)31-23(20)24(27)29/h2-12,21H,1H3. The minimum atomic E-state index is -0.794. The van der Waals surface area contributed by atoms with Crippen LogP contribution in [0.4, 0.5) is 10.1 Å². The number of anilines is 1. The predicted octanol–water partition coefficient (Wildman–Crippen LogP) is 5.34. The largest absolute Gasteiger partial charge is 0.497 e. The second-order valence-electron chi connectivity index (χ2n) is 7.15. The summed E-state index contributed by atoms with van der Waals surface area (Å²) in [4.78, 5) is 28.4. The highest BCUT2D eigenvalue weighted by atomic mass is 35.5. The minimum absolute atomic E-state index is 0.0723. The third-order valence-electron chi connectivity index (χ3n) is 5.33. The summed E-state index contributed by atoms with van der Waals surface area (Å²) in [5.41, 5.74) is 0.990. The van der Waals surface area contributed by atoms with Crippen molar-refractivity contribution in [1.82, 2.24) is 0 Å². The van der Waals surface area contributed by atoms with Gasteiger partial charge in [0.1, 0.15) is 17.1 Å². The van der Waals surface area contributed by atoms with Crippen molar-refractivity contribution >= 4 is 34.2 Å². The van der Waals surface area contributed by atoms with E-state index in [1.165, 1.54) is 24.1 Å². The second-order valence-corrected chi connectivity index (χ2v) is 7.59. The minimum Gasteiger partial charge on any atom is -0.497 e. The van der Waals surface area contributed by atoms with Gasteiger partial charge in [-0.25, -0.2) is 4.39 Å². The molecule has 7 heteroatoms. The Morgan fingerprint density at radius 3 is 2.61 bits per heavy atom. The van der Waals surface area contributed by atoms with Gasteiger partial charge in [-0.2, -0.15) is 0 Å². The fourth-order valence-electron chi connectivity index (χ4n) is 3.96. The number of carbonyl (C=O) groups excluding carboxylic acids is 1. The average molecular weight is 436 g/mol. The number of amides is 1. The maximum Gasteiger partial charge on any atom is 0.295 e. The molecular formula is C24H15ClFNO4. The number of hydrogen-bond donors (Lipinski definition) is 0. The number of ether oxygens (including phenoxy) is 1. The number of carbonyl (C=O) groups is 1. The van der Waals surface area contributed by atoms with Crippen LogP contribution in [0.3, 0.4) is 0 Å². The highest BCUT2D eigenvalue weighted by Crippen LogP contribution is 2.42. The quantitative estimate of drug-likeness (QED) is 0.435. The molecule has 1 aliphatic rings. The zero-order valence-corrected chi connectivity index (χ0v) is 17.0. The van der Waals surface area contributed by atoms with Crippen LogP contribution < -0.4 is 15.1 Å². The van der Waals surface area contributed by atoms with E-state index in [0.717, 1.165) is 6.07 Å². The first-order valence-electron chi connectivity index (χ1n) is 9.47. The molecule has 4 aromatic rings. The van der Waals surface area contributed by atoms with Crippen molar-refractivity contribution in [2.24, 2.45) is 0 Å². The Hall–Kier alpha value is -3.64. The first-order chi connectivity index (χ1) is 15.0. The van der Waals surface area contributed by atoms with E-state index in [2.05, 4.69) is 0 Å². The molecule has 154 valence electrons. The summed E-state index contributed by atoms with van der Waals surface area (Å²) in [6.07, 6.45) is 0. The van der Waals surface area contributed by atoms with Crippen LogP contribution in [0.15, 0.2) is 75.9 Å². The van der Waals surface area contributed by atoms with Gasteiger partial charge in [0.05, 0.1) is 24.1 Å². The van der Waals surface area contributed by atoms with E-state index in [1.54, 1.807) is 48.5 Å². The van der Waals surface area contributed by atoms with Gasteiger partial charge in [-0.3, -0.25) is 14.5 Å². The number of nitrogens with zero attached hydrogens (tertiary/aromatic N) is 1. The zero-order valence-electron chi connectivity index (χ0n) is 16.3. The van der Waals surface area contributed by atoms with Crippen LogP contribution in [-0.4, -0.2) is 13.0 Å². The number of fused-ring (bicyclic) bond motifs is 2. The molecule has 0 saturated heterocycles. The van der Waals surface area contributed by atoms with Crippen molar-refractivity contribution in [3.63, 3.8) is 0 Å². The summed E-state index contributed by atoms with van der Waals surface area (Å²) in [6, 6.07) is 16.7. The Labute approximate surface area is 181 Å². The molecule has 1 unspecified atom stereocenters. The highest BCUT2D eigenvalue weighted by molar-refractivity contribution is 6.30. The van der Waals surface area contributed by atoms with Gasteiger partial charge in [0.25, 0.3) is 5.91 Å². The Kier molecular flexibility index (Phi) is 4.52. The smallest absolute Gasteiger partial charge is 0.295 e. The average Bonchev–Trinajstić information content (AvgIpc) is 3.07. The molecular weight excluding hydrogens is 421 g/mol. The summed E-state index contributed by atoms with van der Waals surface area (Å²) in [7, 11) is 1.53. The summed E-state index contributed by atoms with van der Waals surface area (Å²) < 4.78 is 25.0. The fourth-order valence-corrected chi connectivity index (χ4v) is 4.16. The first-order valence-corrected chi connectivity index (χ1v) is 9.85. The monoisotopic (exact) mass is 435 g/mol. The van der Waals surface area contributed by atoms with Crippen molar-refractivity contribution in [3.8, 4) is 5.75 Å². The van der Waals surface area contributed by atoms with E-state index in [0.29, 0.717) is 22.0 Å².